The molecule has 0 aromatic heterocycles. The number of aliphatic hydroxyl groups is 1. The Bertz CT molecular complexity index is 500. The molecule has 110 valence electrons. The van der Waals surface area contributed by atoms with Crippen LogP contribution in [0, 0.1) is 0 Å². The number of carboxylic acids is 1. The van der Waals surface area contributed by atoms with Crippen LogP contribution in [0.3, 0.4) is 0 Å². The van der Waals surface area contributed by atoms with Crippen LogP contribution in [0.25, 0.3) is 0 Å². The third-order valence-corrected chi connectivity index (χ3v) is 2.69. The van der Waals surface area contributed by atoms with Gasteiger partial charge >= 0.3 is 12.0 Å². The van der Waals surface area contributed by atoms with E-state index >= 15 is 0 Å². The van der Waals surface area contributed by atoms with Gasteiger partial charge in [-0.3, -0.25) is 0 Å². The molecule has 1 atom stereocenters. The van der Waals surface area contributed by atoms with Gasteiger partial charge in [0.1, 0.15) is 0 Å². The van der Waals surface area contributed by atoms with Crippen molar-refractivity contribution < 1.29 is 19.8 Å². The summed E-state index contributed by atoms with van der Waals surface area (Å²) in [6.45, 7) is 0.724. The van der Waals surface area contributed by atoms with E-state index in [1.54, 1.807) is 12.1 Å². The highest BCUT2D eigenvalue weighted by Gasteiger charge is 2.30. The van der Waals surface area contributed by atoms with Gasteiger partial charge in [-0.25, -0.2) is 9.59 Å². The van der Waals surface area contributed by atoms with Gasteiger partial charge in [0.15, 0.2) is 5.60 Å². The summed E-state index contributed by atoms with van der Waals surface area (Å²) in [4.78, 5) is 24.3. The van der Waals surface area contributed by atoms with E-state index in [1.807, 2.05) is 31.1 Å². The number of urea groups is 1. The summed E-state index contributed by atoms with van der Waals surface area (Å²) in [7, 11) is 3.68. The van der Waals surface area contributed by atoms with Crippen LogP contribution in [0.1, 0.15) is 6.92 Å². The lowest BCUT2D eigenvalue weighted by atomic mass is 10.1. The topological polar surface area (TPSA) is 102 Å². The van der Waals surface area contributed by atoms with Crippen molar-refractivity contribution in [2.45, 2.75) is 12.5 Å². The summed E-state index contributed by atoms with van der Waals surface area (Å²) in [6, 6.07) is 6.59. The number of nitrogens with one attached hydrogen (secondary N) is 2. The van der Waals surface area contributed by atoms with Crippen LogP contribution in [0.4, 0.5) is 16.2 Å². The Morgan fingerprint density at radius 1 is 1.30 bits per heavy atom. The summed E-state index contributed by atoms with van der Waals surface area (Å²) in [5, 5.41) is 23.2. The maximum absolute atomic E-state index is 11.7. The predicted molar refractivity (Wildman–Crippen MR) is 76.1 cm³/mol. The molecule has 1 rings (SSSR count). The van der Waals surface area contributed by atoms with Gasteiger partial charge < -0.3 is 25.7 Å². The summed E-state index contributed by atoms with van der Waals surface area (Å²) in [5.41, 5.74) is -0.601. The van der Waals surface area contributed by atoms with E-state index in [1.165, 1.54) is 0 Å². The largest absolute Gasteiger partial charge is 0.479 e. The number of benzene rings is 1. The Morgan fingerprint density at radius 3 is 2.45 bits per heavy atom. The number of carbonyl (C=O) groups is 2. The Labute approximate surface area is 117 Å². The molecule has 0 spiro atoms. The number of anilines is 2. The van der Waals surface area contributed by atoms with E-state index in [0.717, 1.165) is 12.6 Å². The SMILES string of the molecule is CN(C)c1ccccc1NC(=O)NCC(C)(O)C(=O)O. The third kappa shape index (κ3) is 4.13. The molecule has 0 saturated heterocycles. The highest BCUT2D eigenvalue weighted by Crippen LogP contribution is 2.23. The molecule has 1 unspecified atom stereocenters. The molecule has 20 heavy (non-hydrogen) atoms. The molecule has 0 fully saturated rings. The molecule has 2 amide bonds. The molecule has 0 aliphatic carbocycles. The average molecular weight is 281 g/mol. The molecule has 1 aromatic rings. The lowest BCUT2D eigenvalue weighted by molar-refractivity contribution is -0.155. The van der Waals surface area contributed by atoms with Crippen LogP contribution in [-0.2, 0) is 4.79 Å². The predicted octanol–water partition coefficient (Wildman–Crippen LogP) is 0.710. The van der Waals surface area contributed by atoms with Gasteiger partial charge in [-0.1, -0.05) is 12.1 Å². The van der Waals surface area contributed by atoms with Crippen molar-refractivity contribution in [3.8, 4) is 0 Å². The van der Waals surface area contributed by atoms with Gasteiger partial charge in [0.25, 0.3) is 0 Å². The quantitative estimate of drug-likeness (QED) is 0.636. The normalized spacial score (nSPS) is 13.2. The Balaban J connectivity index is 2.66. The number of hydrogen-bond acceptors (Lipinski definition) is 4. The molecule has 7 nitrogen and oxygen atoms in total. The molecule has 0 aliphatic heterocycles. The van der Waals surface area contributed by atoms with Crippen molar-refractivity contribution >= 4 is 23.4 Å². The lowest BCUT2D eigenvalue weighted by Crippen LogP contribution is -2.47. The maximum atomic E-state index is 11.7. The number of carbonyl (C=O) groups excluding carboxylic acids is 1. The monoisotopic (exact) mass is 281 g/mol. The summed E-state index contributed by atoms with van der Waals surface area (Å²) in [6.07, 6.45) is 0. The van der Waals surface area contributed by atoms with Gasteiger partial charge in [0.2, 0.25) is 0 Å². The van der Waals surface area contributed by atoms with Crippen LogP contribution in [0.5, 0.6) is 0 Å². The number of para-hydroxylation sites is 2. The summed E-state index contributed by atoms with van der Waals surface area (Å²) < 4.78 is 0. The van der Waals surface area contributed by atoms with Crippen molar-refractivity contribution in [1.82, 2.24) is 5.32 Å². The van der Waals surface area contributed by atoms with Crippen molar-refractivity contribution in [3.63, 3.8) is 0 Å². The van der Waals surface area contributed by atoms with Crippen LogP contribution < -0.4 is 15.5 Å². The fourth-order valence-corrected chi connectivity index (χ4v) is 1.46. The van der Waals surface area contributed by atoms with E-state index in [-0.39, 0.29) is 0 Å². The Kier molecular flexibility index (Phi) is 4.93. The van der Waals surface area contributed by atoms with Gasteiger partial charge in [-0.05, 0) is 19.1 Å². The van der Waals surface area contributed by atoms with E-state index < -0.39 is 24.1 Å². The summed E-state index contributed by atoms with van der Waals surface area (Å²) in [5.74, 6) is -1.40. The minimum atomic E-state index is -2.00. The number of carboxylic acid groups (broad SMARTS) is 1. The minimum Gasteiger partial charge on any atom is -0.479 e. The summed E-state index contributed by atoms with van der Waals surface area (Å²) >= 11 is 0. The fraction of sp³-hybridized carbons (Fsp3) is 0.385. The third-order valence-electron chi connectivity index (χ3n) is 2.69. The molecule has 1 aromatic carbocycles. The zero-order chi connectivity index (χ0) is 15.3. The van der Waals surface area contributed by atoms with Crippen molar-refractivity contribution in [2.24, 2.45) is 0 Å². The second-order valence-electron chi connectivity index (χ2n) is 4.80. The van der Waals surface area contributed by atoms with Gasteiger partial charge in [0, 0.05) is 14.1 Å². The average Bonchev–Trinajstić information content (AvgIpc) is 2.36. The molecule has 7 heteroatoms. The second-order valence-corrected chi connectivity index (χ2v) is 4.80. The molecule has 0 bridgehead atoms. The highest BCUT2D eigenvalue weighted by molar-refractivity contribution is 5.93. The van der Waals surface area contributed by atoms with E-state index in [0.29, 0.717) is 5.69 Å². The van der Waals surface area contributed by atoms with Crippen molar-refractivity contribution in [1.29, 1.82) is 0 Å². The first-order valence-electron chi connectivity index (χ1n) is 6.01. The highest BCUT2D eigenvalue weighted by atomic mass is 16.4. The zero-order valence-corrected chi connectivity index (χ0v) is 11.7. The number of hydrogen-bond donors (Lipinski definition) is 4. The lowest BCUT2D eigenvalue weighted by Gasteiger charge is -2.20. The molecular weight excluding hydrogens is 262 g/mol. The molecule has 0 radical (unpaired) electrons. The smallest absolute Gasteiger partial charge is 0.337 e. The number of rotatable bonds is 5. The van der Waals surface area contributed by atoms with E-state index in [9.17, 15) is 14.7 Å². The van der Waals surface area contributed by atoms with Crippen LogP contribution in [-0.4, -0.2) is 48.5 Å². The van der Waals surface area contributed by atoms with Crippen molar-refractivity contribution in [3.05, 3.63) is 24.3 Å². The van der Waals surface area contributed by atoms with Crippen LogP contribution in [0.15, 0.2) is 24.3 Å². The molecule has 4 N–H and O–H groups in total. The van der Waals surface area contributed by atoms with Gasteiger partial charge in [-0.15, -0.1) is 0 Å². The Hall–Kier alpha value is -2.28. The minimum absolute atomic E-state index is 0.391. The number of amides is 2. The van der Waals surface area contributed by atoms with Gasteiger partial charge in [-0.2, -0.15) is 0 Å². The van der Waals surface area contributed by atoms with E-state index in [2.05, 4.69) is 10.6 Å². The standard InChI is InChI=1S/C13H19N3O4/c1-13(20,11(17)18)8-14-12(19)15-9-6-4-5-7-10(9)16(2)3/h4-7,20H,8H2,1-3H3,(H,17,18)(H2,14,15,19). The molecule has 0 saturated carbocycles. The zero-order valence-electron chi connectivity index (χ0n) is 11.7. The maximum Gasteiger partial charge on any atom is 0.337 e. The van der Waals surface area contributed by atoms with Crippen LogP contribution in [0.2, 0.25) is 0 Å². The first-order valence-corrected chi connectivity index (χ1v) is 6.01. The second kappa shape index (κ2) is 6.25. The first kappa shape index (κ1) is 15.8. The molecule has 0 heterocycles. The van der Waals surface area contributed by atoms with Gasteiger partial charge in [0.05, 0.1) is 17.9 Å². The number of aliphatic carboxylic acids is 1. The van der Waals surface area contributed by atoms with E-state index in [4.69, 9.17) is 5.11 Å². The molecular formula is C13H19N3O4. The molecule has 0 aliphatic rings. The number of nitrogens with zero attached hydrogens (tertiary/aromatic N) is 1. The van der Waals surface area contributed by atoms with Crippen LogP contribution >= 0.6 is 0 Å². The fourth-order valence-electron chi connectivity index (χ4n) is 1.46. The Morgan fingerprint density at radius 2 is 1.90 bits per heavy atom. The first-order chi connectivity index (χ1) is 9.24. The van der Waals surface area contributed by atoms with Crippen molar-refractivity contribution in [2.75, 3.05) is 30.9 Å².